The first-order valence-electron chi connectivity index (χ1n) is 8.24. The molecule has 0 spiro atoms. The van der Waals surface area contributed by atoms with Crippen LogP contribution in [0.25, 0.3) is 5.57 Å². The van der Waals surface area contributed by atoms with E-state index in [-0.39, 0.29) is 5.92 Å². The van der Waals surface area contributed by atoms with Gasteiger partial charge in [-0.05, 0) is 25.5 Å². The summed E-state index contributed by atoms with van der Waals surface area (Å²) in [5.41, 5.74) is 4.78. The maximum Gasteiger partial charge on any atom is 0.168 e. The summed E-state index contributed by atoms with van der Waals surface area (Å²) < 4.78 is 2.06. The zero-order valence-corrected chi connectivity index (χ0v) is 13.4. The Kier molecular flexibility index (Phi) is 3.62. The predicted molar refractivity (Wildman–Crippen MR) is 91.1 cm³/mol. The van der Waals surface area contributed by atoms with Gasteiger partial charge in [-0.3, -0.25) is 4.79 Å². The lowest BCUT2D eigenvalue weighted by Crippen LogP contribution is -2.27. The number of piperidine rings is 1. The van der Waals surface area contributed by atoms with Gasteiger partial charge in [0.1, 0.15) is 11.5 Å². The van der Waals surface area contributed by atoms with Crippen molar-refractivity contribution in [1.29, 1.82) is 0 Å². The Morgan fingerprint density at radius 3 is 2.87 bits per heavy atom. The van der Waals surface area contributed by atoms with Crippen LogP contribution in [0.3, 0.4) is 0 Å². The largest absolute Gasteiger partial charge is 0.318 e. The number of carbonyl (C=O) groups is 1. The number of carbonyl (C=O) groups excluding carboxylic acids is 1. The number of hydrogen-bond acceptors (Lipinski definition) is 3. The Balaban J connectivity index is 1.89. The first-order chi connectivity index (χ1) is 11.3. The standard InChI is InChI=1S/C19H21N3O/c1-21-9-6-15(7-10-21)18-17-5-3-2-4-14(17)8-11-22-16(13-23)12-20-19(18)22/h2-5,8,12-13,17H,6-7,9-11H2,1H3. The maximum absolute atomic E-state index is 11.4. The summed E-state index contributed by atoms with van der Waals surface area (Å²) in [4.78, 5) is 18.4. The molecule has 0 radical (unpaired) electrons. The van der Waals surface area contributed by atoms with Gasteiger partial charge in [0.2, 0.25) is 0 Å². The monoisotopic (exact) mass is 307 g/mol. The molecule has 1 aromatic rings. The fraction of sp³-hybridized carbons (Fsp3) is 0.368. The normalized spacial score (nSPS) is 24.0. The van der Waals surface area contributed by atoms with Crippen molar-refractivity contribution in [3.05, 3.63) is 59.2 Å². The molecule has 1 fully saturated rings. The molecule has 0 aromatic carbocycles. The summed E-state index contributed by atoms with van der Waals surface area (Å²) in [7, 11) is 2.18. The lowest BCUT2D eigenvalue weighted by molar-refractivity contribution is 0.111. The third kappa shape index (κ3) is 2.43. The quantitative estimate of drug-likeness (QED) is 0.749. The van der Waals surface area contributed by atoms with Crippen molar-refractivity contribution in [2.45, 2.75) is 19.4 Å². The first kappa shape index (κ1) is 14.4. The van der Waals surface area contributed by atoms with E-state index in [0.29, 0.717) is 12.2 Å². The molecular weight excluding hydrogens is 286 g/mol. The van der Waals surface area contributed by atoms with Gasteiger partial charge in [-0.15, -0.1) is 0 Å². The highest BCUT2D eigenvalue weighted by atomic mass is 16.1. The van der Waals surface area contributed by atoms with Gasteiger partial charge in [-0.1, -0.05) is 36.0 Å². The van der Waals surface area contributed by atoms with E-state index in [2.05, 4.69) is 51.9 Å². The molecule has 118 valence electrons. The Labute approximate surface area is 136 Å². The zero-order chi connectivity index (χ0) is 15.8. The minimum Gasteiger partial charge on any atom is -0.318 e. The lowest BCUT2D eigenvalue weighted by atomic mass is 9.82. The molecule has 3 aliphatic rings. The number of imidazole rings is 1. The number of allylic oxidation sites excluding steroid dienone is 7. The molecule has 3 heterocycles. The van der Waals surface area contributed by atoms with Crippen molar-refractivity contribution in [2.24, 2.45) is 5.92 Å². The van der Waals surface area contributed by atoms with Crippen LogP contribution in [-0.2, 0) is 6.54 Å². The highest BCUT2D eigenvalue weighted by Gasteiger charge is 2.29. The number of nitrogens with zero attached hydrogens (tertiary/aromatic N) is 3. The summed E-state index contributed by atoms with van der Waals surface area (Å²) in [6.45, 7) is 2.89. The zero-order valence-electron chi connectivity index (χ0n) is 13.4. The third-order valence-electron chi connectivity index (χ3n) is 5.10. The highest BCUT2D eigenvalue weighted by Crippen LogP contribution is 2.39. The average molecular weight is 307 g/mol. The summed E-state index contributed by atoms with van der Waals surface area (Å²) >= 11 is 0. The summed E-state index contributed by atoms with van der Waals surface area (Å²) in [5, 5.41) is 0. The van der Waals surface area contributed by atoms with Crippen LogP contribution in [0, 0.1) is 5.92 Å². The van der Waals surface area contributed by atoms with Crippen LogP contribution in [-0.4, -0.2) is 40.9 Å². The molecule has 2 aliphatic heterocycles. The second-order valence-electron chi connectivity index (χ2n) is 6.48. The van der Waals surface area contributed by atoms with E-state index in [1.165, 1.54) is 16.7 Å². The van der Waals surface area contributed by atoms with E-state index in [4.69, 9.17) is 0 Å². The van der Waals surface area contributed by atoms with Gasteiger partial charge in [-0.2, -0.15) is 0 Å². The van der Waals surface area contributed by atoms with E-state index >= 15 is 0 Å². The second kappa shape index (κ2) is 5.78. The van der Waals surface area contributed by atoms with Gasteiger partial charge >= 0.3 is 0 Å². The smallest absolute Gasteiger partial charge is 0.168 e. The fourth-order valence-electron chi connectivity index (χ4n) is 3.78. The molecule has 4 rings (SSSR count). The Morgan fingerprint density at radius 2 is 2.09 bits per heavy atom. The van der Waals surface area contributed by atoms with Crippen molar-refractivity contribution in [3.8, 4) is 0 Å². The molecule has 1 saturated heterocycles. The number of aldehydes is 1. The molecule has 4 heteroatoms. The van der Waals surface area contributed by atoms with Crippen LogP contribution in [0.4, 0.5) is 0 Å². The Hall–Kier alpha value is -2.20. The van der Waals surface area contributed by atoms with Crippen molar-refractivity contribution in [1.82, 2.24) is 14.5 Å². The SMILES string of the molecule is CN1CCC(=C2c3ncc(C=O)n3CC=C3C=CC=CC32)CC1. The summed E-state index contributed by atoms with van der Waals surface area (Å²) in [5.74, 6) is 1.24. The number of rotatable bonds is 1. The Bertz CT molecular complexity index is 754. The fourth-order valence-corrected chi connectivity index (χ4v) is 3.78. The summed E-state index contributed by atoms with van der Waals surface area (Å²) in [6.07, 6.45) is 15.7. The lowest BCUT2D eigenvalue weighted by Gasteiger charge is -2.29. The topological polar surface area (TPSA) is 38.1 Å². The highest BCUT2D eigenvalue weighted by molar-refractivity contribution is 5.78. The number of fused-ring (bicyclic) bond motifs is 2. The third-order valence-corrected chi connectivity index (χ3v) is 5.10. The molecule has 0 N–H and O–H groups in total. The van der Waals surface area contributed by atoms with E-state index < -0.39 is 0 Å². The molecule has 1 atom stereocenters. The molecule has 0 saturated carbocycles. The number of aromatic nitrogens is 2. The van der Waals surface area contributed by atoms with Crippen LogP contribution in [0.1, 0.15) is 29.2 Å². The van der Waals surface area contributed by atoms with Crippen molar-refractivity contribution >= 4 is 11.9 Å². The second-order valence-corrected chi connectivity index (χ2v) is 6.48. The van der Waals surface area contributed by atoms with Gasteiger partial charge in [0.15, 0.2) is 6.29 Å². The molecule has 1 aliphatic carbocycles. The van der Waals surface area contributed by atoms with Crippen LogP contribution >= 0.6 is 0 Å². The van der Waals surface area contributed by atoms with Crippen LogP contribution in [0.2, 0.25) is 0 Å². The van der Waals surface area contributed by atoms with Crippen LogP contribution in [0.15, 0.2) is 47.7 Å². The van der Waals surface area contributed by atoms with Crippen molar-refractivity contribution in [2.75, 3.05) is 20.1 Å². The summed E-state index contributed by atoms with van der Waals surface area (Å²) in [6, 6.07) is 0. The minimum absolute atomic E-state index is 0.265. The van der Waals surface area contributed by atoms with E-state index in [1.54, 1.807) is 6.20 Å². The average Bonchev–Trinajstić information content (AvgIpc) is 2.91. The van der Waals surface area contributed by atoms with E-state index in [1.807, 2.05) is 0 Å². The van der Waals surface area contributed by atoms with E-state index in [9.17, 15) is 4.79 Å². The van der Waals surface area contributed by atoms with Gasteiger partial charge < -0.3 is 9.47 Å². The molecule has 0 bridgehead atoms. The van der Waals surface area contributed by atoms with Gasteiger partial charge in [0.25, 0.3) is 0 Å². The van der Waals surface area contributed by atoms with E-state index in [0.717, 1.165) is 38.0 Å². The molecule has 1 aromatic heterocycles. The maximum atomic E-state index is 11.4. The molecular formula is C19H21N3O. The first-order valence-corrected chi connectivity index (χ1v) is 8.24. The molecule has 1 unspecified atom stereocenters. The number of hydrogen-bond donors (Lipinski definition) is 0. The molecule has 4 nitrogen and oxygen atoms in total. The van der Waals surface area contributed by atoms with Crippen molar-refractivity contribution < 1.29 is 4.79 Å². The van der Waals surface area contributed by atoms with Crippen LogP contribution < -0.4 is 0 Å². The van der Waals surface area contributed by atoms with Gasteiger partial charge in [-0.25, -0.2) is 4.98 Å². The molecule has 0 amide bonds. The van der Waals surface area contributed by atoms with Gasteiger partial charge in [0, 0.05) is 31.1 Å². The Morgan fingerprint density at radius 1 is 1.26 bits per heavy atom. The predicted octanol–water partition coefficient (Wildman–Crippen LogP) is 2.86. The van der Waals surface area contributed by atoms with Crippen molar-refractivity contribution in [3.63, 3.8) is 0 Å². The minimum atomic E-state index is 0.265. The number of likely N-dealkylation sites (tertiary alicyclic amines) is 1. The molecule has 23 heavy (non-hydrogen) atoms. The van der Waals surface area contributed by atoms with Gasteiger partial charge in [0.05, 0.1) is 6.20 Å². The van der Waals surface area contributed by atoms with Crippen LogP contribution in [0.5, 0.6) is 0 Å².